The van der Waals surface area contributed by atoms with E-state index in [0.717, 1.165) is 11.8 Å². The van der Waals surface area contributed by atoms with Crippen molar-refractivity contribution < 1.29 is 18.4 Å². The highest BCUT2D eigenvalue weighted by Gasteiger charge is 2.15. The van der Waals surface area contributed by atoms with Crippen molar-refractivity contribution in [1.82, 2.24) is 15.5 Å². The molecule has 3 aromatic heterocycles. The van der Waals surface area contributed by atoms with Crippen LogP contribution in [0.4, 0.5) is 0 Å². The quantitative estimate of drug-likeness (QED) is 0.715. The van der Waals surface area contributed by atoms with Gasteiger partial charge in [0.2, 0.25) is 5.91 Å². The Hall–Kier alpha value is -2.39. The van der Waals surface area contributed by atoms with Crippen molar-refractivity contribution >= 4 is 34.9 Å². The Morgan fingerprint density at radius 2 is 2.18 bits per heavy atom. The first-order valence-corrected chi connectivity index (χ1v) is 7.97. The fourth-order valence-corrected chi connectivity index (χ4v) is 2.71. The first-order valence-electron chi connectivity index (χ1n) is 6.10. The summed E-state index contributed by atoms with van der Waals surface area (Å²) in [5, 5.41) is 11.9. The Bertz CT molecular complexity index is 765. The third kappa shape index (κ3) is 3.43. The van der Waals surface area contributed by atoms with Crippen LogP contribution in [0.25, 0.3) is 11.7 Å². The molecule has 3 aromatic rings. The van der Waals surface area contributed by atoms with E-state index in [0.29, 0.717) is 10.6 Å². The van der Waals surface area contributed by atoms with Gasteiger partial charge in [0.25, 0.3) is 17.0 Å². The molecule has 2 amide bonds. The van der Waals surface area contributed by atoms with E-state index < -0.39 is 11.8 Å². The molecule has 3 rings (SSSR count). The van der Waals surface area contributed by atoms with E-state index in [1.165, 1.54) is 17.6 Å². The van der Waals surface area contributed by atoms with Crippen LogP contribution in [-0.2, 0) is 4.79 Å². The van der Waals surface area contributed by atoms with Crippen LogP contribution in [0.1, 0.15) is 9.67 Å². The molecule has 0 radical (unpaired) electrons. The molecule has 0 bridgehead atoms. The van der Waals surface area contributed by atoms with E-state index in [2.05, 4.69) is 15.5 Å². The fourth-order valence-electron chi connectivity index (χ4n) is 1.53. The maximum Gasteiger partial charge on any atom is 0.284 e. The smallest absolute Gasteiger partial charge is 0.284 e. The lowest BCUT2D eigenvalue weighted by molar-refractivity contribution is -0.117. The molecule has 0 aliphatic heterocycles. The zero-order valence-corrected chi connectivity index (χ0v) is 12.6. The molecule has 0 aromatic carbocycles. The summed E-state index contributed by atoms with van der Waals surface area (Å²) in [6.07, 6.45) is 1.50. The predicted octanol–water partition coefficient (Wildman–Crippen LogP) is 2.44. The van der Waals surface area contributed by atoms with E-state index >= 15 is 0 Å². The standard InChI is InChI=1S/C13H9N3O4S2/c17-10(14-11(18)9-4-2-6-21-9)7-22-13-16-15-12(20-13)8-3-1-5-19-8/h1-6H,7H2,(H,14,17,18). The molecule has 0 atom stereocenters. The summed E-state index contributed by atoms with van der Waals surface area (Å²) >= 11 is 2.31. The minimum absolute atomic E-state index is 0.00307. The summed E-state index contributed by atoms with van der Waals surface area (Å²) in [6.45, 7) is 0. The van der Waals surface area contributed by atoms with Crippen molar-refractivity contribution in [1.29, 1.82) is 0 Å². The minimum Gasteiger partial charge on any atom is -0.459 e. The number of rotatable bonds is 5. The Balaban J connectivity index is 1.52. The van der Waals surface area contributed by atoms with E-state index in [4.69, 9.17) is 8.83 Å². The lowest BCUT2D eigenvalue weighted by Gasteiger charge is -2.00. The van der Waals surface area contributed by atoms with Crippen LogP contribution in [0.5, 0.6) is 0 Å². The molecular weight excluding hydrogens is 326 g/mol. The number of thioether (sulfide) groups is 1. The van der Waals surface area contributed by atoms with Gasteiger partial charge in [-0.3, -0.25) is 14.9 Å². The maximum absolute atomic E-state index is 11.7. The maximum atomic E-state index is 11.7. The molecule has 22 heavy (non-hydrogen) atoms. The highest BCUT2D eigenvalue weighted by Crippen LogP contribution is 2.23. The van der Waals surface area contributed by atoms with Gasteiger partial charge in [-0.05, 0) is 23.6 Å². The van der Waals surface area contributed by atoms with E-state index in [9.17, 15) is 9.59 Å². The number of hydrogen-bond acceptors (Lipinski definition) is 8. The molecule has 0 fully saturated rings. The number of carbonyl (C=O) groups is 2. The summed E-state index contributed by atoms with van der Waals surface area (Å²) in [4.78, 5) is 23.9. The molecule has 0 unspecified atom stereocenters. The van der Waals surface area contributed by atoms with Gasteiger partial charge in [0.05, 0.1) is 16.9 Å². The lowest BCUT2D eigenvalue weighted by Crippen LogP contribution is -2.31. The third-order valence-electron chi connectivity index (χ3n) is 2.46. The molecule has 0 saturated carbocycles. The second kappa shape index (κ2) is 6.58. The largest absolute Gasteiger partial charge is 0.459 e. The molecule has 1 N–H and O–H groups in total. The number of hydrogen-bond donors (Lipinski definition) is 1. The van der Waals surface area contributed by atoms with E-state index in [-0.39, 0.29) is 16.9 Å². The predicted molar refractivity (Wildman–Crippen MR) is 79.5 cm³/mol. The van der Waals surface area contributed by atoms with Crippen LogP contribution >= 0.6 is 23.1 Å². The molecule has 112 valence electrons. The number of carbonyl (C=O) groups excluding carboxylic acids is 2. The molecule has 0 spiro atoms. The third-order valence-corrected chi connectivity index (χ3v) is 4.15. The van der Waals surface area contributed by atoms with Gasteiger partial charge < -0.3 is 8.83 Å². The highest BCUT2D eigenvalue weighted by molar-refractivity contribution is 7.99. The summed E-state index contributed by atoms with van der Waals surface area (Å²) in [5.41, 5.74) is 0. The summed E-state index contributed by atoms with van der Waals surface area (Å²) in [7, 11) is 0. The van der Waals surface area contributed by atoms with E-state index in [1.807, 2.05) is 0 Å². The van der Waals surface area contributed by atoms with Crippen LogP contribution in [-0.4, -0.2) is 27.8 Å². The average molecular weight is 335 g/mol. The van der Waals surface area contributed by atoms with Crippen molar-refractivity contribution in [2.75, 3.05) is 5.75 Å². The fraction of sp³-hybridized carbons (Fsp3) is 0.0769. The normalized spacial score (nSPS) is 10.5. The van der Waals surface area contributed by atoms with Gasteiger partial charge in [-0.2, -0.15) is 0 Å². The monoisotopic (exact) mass is 335 g/mol. The molecule has 9 heteroatoms. The van der Waals surface area contributed by atoms with Gasteiger partial charge in [0, 0.05) is 0 Å². The molecular formula is C13H9N3O4S2. The van der Waals surface area contributed by atoms with Gasteiger partial charge >= 0.3 is 0 Å². The van der Waals surface area contributed by atoms with E-state index in [1.54, 1.807) is 29.6 Å². The minimum atomic E-state index is -0.429. The second-order valence-corrected chi connectivity index (χ2v) is 5.87. The first kappa shape index (κ1) is 14.5. The van der Waals surface area contributed by atoms with Gasteiger partial charge in [0.1, 0.15) is 0 Å². The van der Waals surface area contributed by atoms with Crippen molar-refractivity contribution in [2.45, 2.75) is 5.22 Å². The summed E-state index contributed by atoms with van der Waals surface area (Å²) < 4.78 is 10.5. The van der Waals surface area contributed by atoms with Gasteiger partial charge in [-0.1, -0.05) is 17.8 Å². The average Bonchev–Trinajstić information content (AvgIpc) is 3.25. The Morgan fingerprint density at radius 1 is 1.27 bits per heavy atom. The highest BCUT2D eigenvalue weighted by atomic mass is 32.2. The number of thiophene rings is 1. The molecule has 0 saturated heterocycles. The van der Waals surface area contributed by atoms with Crippen molar-refractivity contribution in [2.24, 2.45) is 0 Å². The van der Waals surface area contributed by atoms with Crippen molar-refractivity contribution in [3.8, 4) is 11.7 Å². The summed E-state index contributed by atoms with van der Waals surface area (Å²) in [6, 6.07) is 6.78. The van der Waals surface area contributed by atoms with Crippen molar-refractivity contribution in [3.05, 3.63) is 40.8 Å². The number of furan rings is 1. The van der Waals surface area contributed by atoms with Crippen LogP contribution in [0.15, 0.2) is 50.0 Å². The number of imide groups is 1. The number of nitrogens with one attached hydrogen (secondary N) is 1. The topological polar surface area (TPSA) is 98.2 Å². The van der Waals surface area contributed by atoms with Gasteiger partial charge in [-0.15, -0.1) is 21.5 Å². The number of amides is 2. The first-order chi connectivity index (χ1) is 10.7. The zero-order valence-electron chi connectivity index (χ0n) is 11.0. The Labute approximate surface area is 132 Å². The van der Waals surface area contributed by atoms with Crippen LogP contribution in [0.3, 0.4) is 0 Å². The van der Waals surface area contributed by atoms with Crippen molar-refractivity contribution in [3.63, 3.8) is 0 Å². The number of nitrogens with zero attached hydrogens (tertiary/aromatic N) is 2. The second-order valence-electron chi connectivity index (χ2n) is 3.99. The van der Waals surface area contributed by atoms with Crippen LogP contribution in [0.2, 0.25) is 0 Å². The Kier molecular flexibility index (Phi) is 4.35. The SMILES string of the molecule is O=C(CSc1nnc(-c2ccco2)o1)NC(=O)c1cccs1. The Morgan fingerprint density at radius 3 is 2.91 bits per heavy atom. The molecule has 3 heterocycles. The molecule has 0 aliphatic carbocycles. The zero-order chi connectivity index (χ0) is 15.4. The number of aromatic nitrogens is 2. The van der Waals surface area contributed by atoms with Crippen LogP contribution < -0.4 is 5.32 Å². The van der Waals surface area contributed by atoms with Crippen LogP contribution in [0, 0.1) is 0 Å². The van der Waals surface area contributed by atoms with Gasteiger partial charge in [-0.25, -0.2) is 0 Å². The lowest BCUT2D eigenvalue weighted by atomic mass is 10.4. The van der Waals surface area contributed by atoms with Gasteiger partial charge in [0.15, 0.2) is 5.76 Å². The molecule has 7 nitrogen and oxygen atoms in total. The molecule has 0 aliphatic rings. The summed E-state index contributed by atoms with van der Waals surface area (Å²) in [5.74, 6) is -0.153.